The minimum atomic E-state index is -1.64. The number of carboxylic acids is 1. The number of hydrogen-bond donors (Lipinski definition) is 7. The smallest absolute Gasteiger partial charge is 0.328 e. The summed E-state index contributed by atoms with van der Waals surface area (Å²) in [6.07, 6.45) is -2.03. The summed E-state index contributed by atoms with van der Waals surface area (Å²) in [5, 5.41) is 24.7. The molecule has 0 fully saturated rings. The summed E-state index contributed by atoms with van der Waals surface area (Å²) in [5.41, 5.74) is 10.1. The topological polar surface area (TPSA) is 214 Å². The third kappa shape index (κ3) is 8.08. The molecule has 0 aromatic rings. The average Bonchev–Trinajstić information content (AvgIpc) is 2.49. The first-order valence-electron chi connectivity index (χ1n) is 7.28. The Morgan fingerprint density at radius 2 is 1.56 bits per heavy atom. The van der Waals surface area contributed by atoms with Crippen LogP contribution in [0.2, 0.25) is 0 Å². The Bertz CT molecular complexity index is 537. The standard InChI is InChI=1S/C13H23N5O7/c1-5(16-9(21)4-14)11(22)17-7(3-8(15)20)12(23)18-10(6(2)19)13(24)25/h5-7,10,19H,3-4,14H2,1-2H3,(H2,15,20)(H,16,21)(H,17,22)(H,18,23)(H,24,25). The van der Waals surface area contributed by atoms with Crippen molar-refractivity contribution < 1.29 is 34.2 Å². The third-order valence-electron chi connectivity index (χ3n) is 3.04. The first-order chi connectivity index (χ1) is 11.5. The summed E-state index contributed by atoms with van der Waals surface area (Å²) >= 11 is 0. The van der Waals surface area contributed by atoms with Gasteiger partial charge in [0, 0.05) is 0 Å². The number of aliphatic carboxylic acids is 1. The fourth-order valence-corrected chi connectivity index (χ4v) is 1.72. The van der Waals surface area contributed by atoms with Crippen molar-refractivity contribution in [1.82, 2.24) is 16.0 Å². The van der Waals surface area contributed by atoms with E-state index < -0.39 is 60.2 Å². The van der Waals surface area contributed by atoms with Crippen LogP contribution in [-0.2, 0) is 24.0 Å². The first-order valence-corrected chi connectivity index (χ1v) is 7.28. The molecule has 0 aliphatic heterocycles. The molecule has 0 rings (SSSR count). The molecule has 0 heterocycles. The predicted octanol–water partition coefficient (Wildman–Crippen LogP) is -4.24. The maximum atomic E-state index is 12.1. The van der Waals surface area contributed by atoms with Crippen LogP contribution < -0.4 is 27.4 Å². The first kappa shape index (κ1) is 22.3. The monoisotopic (exact) mass is 361 g/mol. The van der Waals surface area contributed by atoms with Crippen LogP contribution in [0.5, 0.6) is 0 Å². The Balaban J connectivity index is 5.08. The van der Waals surface area contributed by atoms with E-state index in [4.69, 9.17) is 16.6 Å². The van der Waals surface area contributed by atoms with Gasteiger partial charge in [-0.2, -0.15) is 0 Å². The third-order valence-corrected chi connectivity index (χ3v) is 3.04. The van der Waals surface area contributed by atoms with Gasteiger partial charge in [-0.15, -0.1) is 0 Å². The van der Waals surface area contributed by atoms with Gasteiger partial charge in [0.15, 0.2) is 6.04 Å². The zero-order valence-electron chi connectivity index (χ0n) is 13.8. The molecule has 0 aliphatic rings. The van der Waals surface area contributed by atoms with Crippen molar-refractivity contribution in [2.24, 2.45) is 11.5 Å². The van der Waals surface area contributed by atoms with Crippen LogP contribution in [0, 0.1) is 0 Å². The number of carbonyl (C=O) groups excluding carboxylic acids is 4. The summed E-state index contributed by atoms with van der Waals surface area (Å²) in [4.78, 5) is 57.3. The summed E-state index contributed by atoms with van der Waals surface area (Å²) in [7, 11) is 0. The molecule has 12 nitrogen and oxygen atoms in total. The molecule has 4 unspecified atom stereocenters. The number of aliphatic hydroxyl groups is 1. The van der Waals surface area contributed by atoms with Crippen molar-refractivity contribution in [3.63, 3.8) is 0 Å². The molecule has 142 valence electrons. The van der Waals surface area contributed by atoms with E-state index in [-0.39, 0.29) is 6.54 Å². The lowest BCUT2D eigenvalue weighted by Gasteiger charge is -2.23. The van der Waals surface area contributed by atoms with Gasteiger partial charge in [0.05, 0.1) is 19.1 Å². The number of nitrogens with two attached hydrogens (primary N) is 2. The molecule has 0 saturated carbocycles. The van der Waals surface area contributed by atoms with E-state index in [1.807, 2.05) is 5.32 Å². The molecule has 0 aromatic carbocycles. The molecule has 4 atom stereocenters. The van der Waals surface area contributed by atoms with Crippen molar-refractivity contribution in [3.05, 3.63) is 0 Å². The Morgan fingerprint density at radius 3 is 1.96 bits per heavy atom. The Morgan fingerprint density at radius 1 is 1.00 bits per heavy atom. The molecule has 0 aromatic heterocycles. The lowest BCUT2D eigenvalue weighted by molar-refractivity contribution is -0.145. The Hall–Kier alpha value is -2.73. The van der Waals surface area contributed by atoms with E-state index in [1.165, 1.54) is 6.92 Å². The van der Waals surface area contributed by atoms with E-state index in [1.54, 1.807) is 0 Å². The number of amides is 4. The second-order valence-electron chi connectivity index (χ2n) is 5.29. The lowest BCUT2D eigenvalue weighted by atomic mass is 10.1. The van der Waals surface area contributed by atoms with Gasteiger partial charge >= 0.3 is 5.97 Å². The zero-order valence-corrected chi connectivity index (χ0v) is 13.8. The summed E-state index contributed by atoms with van der Waals surface area (Å²) in [6, 6.07) is -4.19. The Labute approximate surface area is 143 Å². The summed E-state index contributed by atoms with van der Waals surface area (Å²) < 4.78 is 0. The van der Waals surface area contributed by atoms with Crippen LogP contribution in [0.3, 0.4) is 0 Å². The van der Waals surface area contributed by atoms with E-state index in [9.17, 15) is 29.1 Å². The molecule has 0 bridgehead atoms. The number of aliphatic hydroxyl groups excluding tert-OH is 1. The van der Waals surface area contributed by atoms with Crippen LogP contribution in [0.15, 0.2) is 0 Å². The second kappa shape index (κ2) is 10.2. The zero-order chi connectivity index (χ0) is 19.7. The highest BCUT2D eigenvalue weighted by Gasteiger charge is 2.31. The molecule has 25 heavy (non-hydrogen) atoms. The van der Waals surface area contributed by atoms with Crippen LogP contribution >= 0.6 is 0 Å². The average molecular weight is 361 g/mol. The molecule has 0 spiro atoms. The molecule has 0 saturated heterocycles. The number of carboxylic acid groups (broad SMARTS) is 1. The van der Waals surface area contributed by atoms with Crippen molar-refractivity contribution >= 4 is 29.6 Å². The molecule has 0 aliphatic carbocycles. The van der Waals surface area contributed by atoms with Gasteiger partial charge in [0.25, 0.3) is 0 Å². The van der Waals surface area contributed by atoms with Gasteiger partial charge in [0.2, 0.25) is 23.6 Å². The predicted molar refractivity (Wildman–Crippen MR) is 83.6 cm³/mol. The highest BCUT2D eigenvalue weighted by molar-refractivity contribution is 5.95. The van der Waals surface area contributed by atoms with Gasteiger partial charge in [0.1, 0.15) is 12.1 Å². The highest BCUT2D eigenvalue weighted by Crippen LogP contribution is 1.99. The summed E-state index contributed by atoms with van der Waals surface area (Å²) in [5.74, 6) is -4.89. The highest BCUT2D eigenvalue weighted by atomic mass is 16.4. The lowest BCUT2D eigenvalue weighted by Crippen LogP contribution is -2.57. The second-order valence-corrected chi connectivity index (χ2v) is 5.29. The normalized spacial score (nSPS) is 15.2. The number of hydrogen-bond acceptors (Lipinski definition) is 7. The number of rotatable bonds is 10. The van der Waals surface area contributed by atoms with Gasteiger partial charge < -0.3 is 37.6 Å². The molecule has 9 N–H and O–H groups in total. The van der Waals surface area contributed by atoms with Gasteiger partial charge in [-0.25, -0.2) is 4.79 Å². The van der Waals surface area contributed by atoms with Crippen molar-refractivity contribution in [2.75, 3.05) is 6.54 Å². The molecule has 4 amide bonds. The maximum absolute atomic E-state index is 12.1. The fraction of sp³-hybridized carbons (Fsp3) is 0.615. The van der Waals surface area contributed by atoms with Crippen LogP contribution in [0.4, 0.5) is 0 Å². The van der Waals surface area contributed by atoms with E-state index in [0.29, 0.717) is 0 Å². The minimum Gasteiger partial charge on any atom is -0.480 e. The van der Waals surface area contributed by atoms with Crippen LogP contribution in [0.1, 0.15) is 20.3 Å². The largest absolute Gasteiger partial charge is 0.480 e. The number of nitrogens with one attached hydrogen (secondary N) is 3. The van der Waals surface area contributed by atoms with Gasteiger partial charge in [-0.3, -0.25) is 19.2 Å². The van der Waals surface area contributed by atoms with E-state index in [0.717, 1.165) is 6.92 Å². The molecule has 12 heteroatoms. The fourth-order valence-electron chi connectivity index (χ4n) is 1.72. The minimum absolute atomic E-state index is 0.350. The SMILES string of the molecule is CC(NC(=O)CN)C(=O)NC(CC(N)=O)C(=O)NC(C(=O)O)C(C)O. The molecular weight excluding hydrogens is 338 g/mol. The van der Waals surface area contributed by atoms with Crippen LogP contribution in [0.25, 0.3) is 0 Å². The van der Waals surface area contributed by atoms with E-state index >= 15 is 0 Å². The number of carbonyl (C=O) groups is 5. The van der Waals surface area contributed by atoms with Gasteiger partial charge in [-0.05, 0) is 13.8 Å². The molecular formula is C13H23N5O7. The van der Waals surface area contributed by atoms with Gasteiger partial charge in [-0.1, -0.05) is 0 Å². The quantitative estimate of drug-likeness (QED) is 0.202. The van der Waals surface area contributed by atoms with Crippen molar-refractivity contribution in [2.45, 2.75) is 44.5 Å². The molecule has 0 radical (unpaired) electrons. The summed E-state index contributed by atoms with van der Waals surface area (Å²) in [6.45, 7) is 2.11. The van der Waals surface area contributed by atoms with Crippen molar-refractivity contribution in [3.8, 4) is 0 Å². The Kier molecular flexibility index (Phi) is 9.09. The maximum Gasteiger partial charge on any atom is 0.328 e. The number of primary amides is 1. The van der Waals surface area contributed by atoms with E-state index in [2.05, 4.69) is 10.6 Å². The van der Waals surface area contributed by atoms with Crippen molar-refractivity contribution in [1.29, 1.82) is 0 Å². The van der Waals surface area contributed by atoms with Crippen LogP contribution in [-0.4, -0.2) is 70.6 Å².